The molecular weight excluding hydrogens is 424 g/mol. The van der Waals surface area contributed by atoms with E-state index in [2.05, 4.69) is 5.32 Å². The molecule has 0 aliphatic heterocycles. The largest absolute Gasteiger partial charge is 0.313 e. The molecule has 0 atom stereocenters. The predicted octanol–water partition coefficient (Wildman–Crippen LogP) is 5.74. The Bertz CT molecular complexity index is 1350. The van der Waals surface area contributed by atoms with Crippen molar-refractivity contribution in [2.24, 2.45) is 0 Å². The molecule has 1 aromatic heterocycles. The second-order valence-electron chi connectivity index (χ2n) is 6.40. The summed E-state index contributed by atoms with van der Waals surface area (Å²) in [5.41, 5.74) is 0.669. The van der Waals surface area contributed by atoms with Crippen molar-refractivity contribution in [2.75, 3.05) is 5.32 Å². The minimum Gasteiger partial charge on any atom is -0.313 e. The van der Waals surface area contributed by atoms with Crippen molar-refractivity contribution in [3.8, 4) is 11.1 Å². The number of carbonyl (C=O) groups is 1. The van der Waals surface area contributed by atoms with Crippen LogP contribution in [0.3, 0.4) is 0 Å². The number of halogens is 1. The van der Waals surface area contributed by atoms with Crippen molar-refractivity contribution in [3.63, 3.8) is 0 Å². The van der Waals surface area contributed by atoms with Gasteiger partial charge in [-0.05, 0) is 35.9 Å². The zero-order valence-electron chi connectivity index (χ0n) is 15.3. The minimum atomic E-state index is -0.565. The van der Waals surface area contributed by atoms with Gasteiger partial charge in [0, 0.05) is 32.8 Å². The van der Waals surface area contributed by atoms with Crippen molar-refractivity contribution in [3.05, 3.63) is 104 Å². The van der Waals surface area contributed by atoms with Crippen LogP contribution in [-0.2, 0) is 0 Å². The van der Waals surface area contributed by atoms with Gasteiger partial charge in [0.15, 0.2) is 5.43 Å². The Morgan fingerprint density at radius 3 is 2.47 bits per heavy atom. The summed E-state index contributed by atoms with van der Waals surface area (Å²) in [6, 6.07) is 19.3. The molecule has 8 heteroatoms. The number of non-ortho nitro benzene ring substituents is 1. The van der Waals surface area contributed by atoms with Crippen LogP contribution in [0.4, 0.5) is 10.7 Å². The summed E-state index contributed by atoms with van der Waals surface area (Å²) in [5.74, 6) is -0.542. The molecule has 0 bridgehead atoms. The van der Waals surface area contributed by atoms with Crippen LogP contribution in [0, 0.1) is 10.1 Å². The minimum absolute atomic E-state index is 0.124. The van der Waals surface area contributed by atoms with Crippen LogP contribution in [0.2, 0.25) is 5.02 Å². The Morgan fingerprint density at radius 1 is 1.00 bits per heavy atom. The summed E-state index contributed by atoms with van der Waals surface area (Å²) in [6.45, 7) is 0. The lowest BCUT2D eigenvalue weighted by Crippen LogP contribution is -2.15. The number of nitro benzene ring substituents is 1. The van der Waals surface area contributed by atoms with Crippen LogP contribution in [-0.4, -0.2) is 10.8 Å². The first-order valence-corrected chi connectivity index (χ1v) is 10.0. The van der Waals surface area contributed by atoms with Gasteiger partial charge in [-0.3, -0.25) is 19.7 Å². The average molecular weight is 437 g/mol. The zero-order valence-corrected chi connectivity index (χ0v) is 16.9. The fraction of sp³-hybridized carbons (Fsp3) is 0. The first-order valence-electron chi connectivity index (χ1n) is 8.81. The van der Waals surface area contributed by atoms with Gasteiger partial charge in [0.25, 0.3) is 11.6 Å². The fourth-order valence-corrected chi connectivity index (χ4v) is 4.26. The van der Waals surface area contributed by atoms with Gasteiger partial charge in [-0.1, -0.05) is 41.9 Å². The van der Waals surface area contributed by atoms with Crippen LogP contribution < -0.4 is 10.7 Å². The van der Waals surface area contributed by atoms with Crippen LogP contribution in [0.25, 0.3) is 21.2 Å². The van der Waals surface area contributed by atoms with E-state index >= 15 is 0 Å². The number of nitrogens with zero attached hydrogens (tertiary/aromatic N) is 1. The van der Waals surface area contributed by atoms with Crippen molar-refractivity contribution < 1.29 is 9.72 Å². The van der Waals surface area contributed by atoms with E-state index in [1.54, 1.807) is 42.5 Å². The lowest BCUT2D eigenvalue weighted by atomic mass is 10.1. The molecule has 0 saturated carbocycles. The molecule has 0 unspecified atom stereocenters. The van der Waals surface area contributed by atoms with Crippen LogP contribution in [0.15, 0.2) is 77.6 Å². The van der Waals surface area contributed by atoms with E-state index in [1.807, 2.05) is 6.07 Å². The van der Waals surface area contributed by atoms with Crippen LogP contribution in [0.5, 0.6) is 0 Å². The van der Waals surface area contributed by atoms with E-state index in [-0.39, 0.29) is 16.7 Å². The topological polar surface area (TPSA) is 89.3 Å². The highest BCUT2D eigenvalue weighted by Gasteiger charge is 2.18. The summed E-state index contributed by atoms with van der Waals surface area (Å²) in [5, 5.41) is 15.2. The van der Waals surface area contributed by atoms with Gasteiger partial charge in [0.1, 0.15) is 5.00 Å². The number of nitro groups is 1. The van der Waals surface area contributed by atoms with Crippen molar-refractivity contribution in [2.45, 2.75) is 0 Å². The number of fused-ring (bicyclic) bond motifs is 1. The second kappa shape index (κ2) is 8.06. The molecule has 4 aromatic rings. The highest BCUT2D eigenvalue weighted by molar-refractivity contribution is 7.22. The van der Waals surface area contributed by atoms with Crippen LogP contribution >= 0.6 is 22.9 Å². The molecule has 1 heterocycles. The molecule has 4 rings (SSSR count). The SMILES string of the molecule is O=C(Nc1sc2ccccc2c(=O)c1-c1ccc(Cl)cc1)c1cccc([N+](=O)[O-])c1. The van der Waals surface area contributed by atoms with Gasteiger partial charge in [0.05, 0.1) is 10.5 Å². The molecule has 30 heavy (non-hydrogen) atoms. The number of carbonyl (C=O) groups excluding carboxylic acids is 1. The van der Waals surface area contributed by atoms with Gasteiger partial charge >= 0.3 is 0 Å². The summed E-state index contributed by atoms with van der Waals surface area (Å²) >= 11 is 7.24. The zero-order chi connectivity index (χ0) is 21.3. The summed E-state index contributed by atoms with van der Waals surface area (Å²) in [6.07, 6.45) is 0. The number of anilines is 1. The highest BCUT2D eigenvalue weighted by atomic mass is 35.5. The van der Waals surface area contributed by atoms with E-state index in [0.717, 1.165) is 4.70 Å². The summed E-state index contributed by atoms with van der Waals surface area (Å²) in [4.78, 5) is 36.5. The van der Waals surface area contributed by atoms with E-state index in [4.69, 9.17) is 11.6 Å². The Morgan fingerprint density at radius 2 is 1.73 bits per heavy atom. The van der Waals surface area contributed by atoms with Gasteiger partial charge in [-0.15, -0.1) is 11.3 Å². The Hall–Kier alpha value is -3.55. The first kappa shape index (κ1) is 19.8. The molecule has 1 amide bonds. The summed E-state index contributed by atoms with van der Waals surface area (Å²) < 4.78 is 0.717. The molecule has 3 aromatic carbocycles. The van der Waals surface area contributed by atoms with Crippen molar-refractivity contribution >= 4 is 49.6 Å². The molecule has 148 valence electrons. The quantitative estimate of drug-likeness (QED) is 0.326. The normalized spacial score (nSPS) is 10.7. The van der Waals surface area contributed by atoms with E-state index in [0.29, 0.717) is 26.5 Å². The van der Waals surface area contributed by atoms with Gasteiger partial charge in [0.2, 0.25) is 0 Å². The maximum absolute atomic E-state index is 13.2. The maximum Gasteiger partial charge on any atom is 0.270 e. The number of rotatable bonds is 4. The lowest BCUT2D eigenvalue weighted by molar-refractivity contribution is -0.384. The molecule has 0 fully saturated rings. The molecule has 0 radical (unpaired) electrons. The Labute approximate surface area is 179 Å². The van der Waals surface area contributed by atoms with Gasteiger partial charge in [-0.25, -0.2) is 0 Å². The first-order chi connectivity index (χ1) is 14.4. The van der Waals surface area contributed by atoms with Gasteiger partial charge in [-0.2, -0.15) is 0 Å². The third-order valence-electron chi connectivity index (χ3n) is 4.48. The molecular formula is C22H13ClN2O4S. The molecule has 0 saturated heterocycles. The maximum atomic E-state index is 13.2. The fourth-order valence-electron chi connectivity index (χ4n) is 3.04. The van der Waals surface area contributed by atoms with E-state index in [9.17, 15) is 19.7 Å². The number of benzene rings is 3. The number of nitrogens with one attached hydrogen (secondary N) is 1. The van der Waals surface area contributed by atoms with Crippen molar-refractivity contribution in [1.29, 1.82) is 0 Å². The number of amides is 1. The van der Waals surface area contributed by atoms with E-state index < -0.39 is 10.8 Å². The molecule has 1 N–H and O–H groups in total. The molecule has 0 aliphatic rings. The summed E-state index contributed by atoms with van der Waals surface area (Å²) in [7, 11) is 0. The predicted molar refractivity (Wildman–Crippen MR) is 120 cm³/mol. The molecule has 6 nitrogen and oxygen atoms in total. The lowest BCUT2D eigenvalue weighted by Gasteiger charge is -2.12. The Balaban J connectivity index is 1.85. The third-order valence-corrected chi connectivity index (χ3v) is 5.82. The van der Waals surface area contributed by atoms with Gasteiger partial charge < -0.3 is 5.32 Å². The standard InChI is InChI=1S/C22H13ClN2O4S/c23-15-10-8-13(9-11-15)19-20(26)17-6-1-2-7-18(17)30-22(19)24-21(27)14-4-3-5-16(12-14)25(28)29/h1-12H,(H,24,27). The monoisotopic (exact) mass is 436 g/mol. The molecule has 0 aliphatic carbocycles. The number of hydrogen-bond donors (Lipinski definition) is 1. The average Bonchev–Trinajstić information content (AvgIpc) is 2.75. The second-order valence-corrected chi connectivity index (χ2v) is 7.89. The van der Waals surface area contributed by atoms with E-state index in [1.165, 1.54) is 35.6 Å². The third kappa shape index (κ3) is 3.80. The smallest absolute Gasteiger partial charge is 0.270 e. The highest BCUT2D eigenvalue weighted by Crippen LogP contribution is 2.34. The Kier molecular flexibility index (Phi) is 5.31. The molecule has 0 spiro atoms. The number of hydrogen-bond acceptors (Lipinski definition) is 5. The van der Waals surface area contributed by atoms with Crippen LogP contribution in [0.1, 0.15) is 10.4 Å². The van der Waals surface area contributed by atoms with Crippen molar-refractivity contribution in [1.82, 2.24) is 0 Å².